The molecule has 6 heteroatoms. The molecule has 0 radical (unpaired) electrons. The van der Waals surface area contributed by atoms with Gasteiger partial charge in [0.2, 0.25) is 5.89 Å². The van der Waals surface area contributed by atoms with Crippen molar-refractivity contribution >= 4 is 53.4 Å². The van der Waals surface area contributed by atoms with Gasteiger partial charge in [0, 0.05) is 48.5 Å². The molecule has 0 aliphatic rings. The summed E-state index contributed by atoms with van der Waals surface area (Å²) in [5.74, 6) is 2.59. The molecule has 0 atom stereocenters. The number of nitrogens with zero attached hydrogens (tertiary/aromatic N) is 4. The first kappa shape index (κ1) is 28.5. The normalized spacial score (nSPS) is 11.6. The Labute approximate surface area is 291 Å². The van der Waals surface area contributed by atoms with Crippen molar-refractivity contribution in [2.75, 3.05) is 0 Å². The van der Waals surface area contributed by atoms with Crippen LogP contribution in [0.4, 0.5) is 0 Å². The zero-order valence-corrected chi connectivity index (χ0v) is 27.4. The van der Waals surface area contributed by atoms with Gasteiger partial charge < -0.3 is 4.42 Å². The Balaban J connectivity index is 1.06. The molecule has 3 aromatic heterocycles. The SMILES string of the molecule is c1ccc(-c2nc(-c3ccccc3)nc(-c3ccc4cc(-c5cccc6sc7cc8oc(-c9ccccc9)nc8cc7c56)ccc4c3)n2)cc1. The van der Waals surface area contributed by atoms with Gasteiger partial charge in [-0.1, -0.05) is 115 Å². The van der Waals surface area contributed by atoms with Gasteiger partial charge >= 0.3 is 0 Å². The highest BCUT2D eigenvalue weighted by Crippen LogP contribution is 2.42. The number of aromatic nitrogens is 4. The maximum absolute atomic E-state index is 6.20. The second-order valence-corrected chi connectivity index (χ2v) is 13.4. The summed E-state index contributed by atoms with van der Waals surface area (Å²) in [5, 5.41) is 4.69. The van der Waals surface area contributed by atoms with Crippen LogP contribution in [0, 0.1) is 0 Å². The lowest BCUT2D eigenvalue weighted by Crippen LogP contribution is -2.00. The Bertz CT molecular complexity index is 2810. The highest BCUT2D eigenvalue weighted by Gasteiger charge is 2.17. The smallest absolute Gasteiger partial charge is 0.227 e. The minimum Gasteiger partial charge on any atom is -0.436 e. The van der Waals surface area contributed by atoms with Crippen LogP contribution >= 0.6 is 11.3 Å². The van der Waals surface area contributed by atoms with Gasteiger partial charge in [-0.25, -0.2) is 19.9 Å². The standard InChI is InChI=1S/C44H26N4OS/c1-4-11-27(12-5-1)41-46-42(28-13-6-2-7-14-28)48-43(47-41)33-22-20-30-23-32(21-19-31(30)24-33)34-17-10-18-38-40(34)35-25-36-37(26-39(35)50-38)49-44(45-36)29-15-8-3-9-16-29/h1-26H. The second kappa shape index (κ2) is 11.6. The Morgan fingerprint density at radius 1 is 0.420 bits per heavy atom. The predicted molar refractivity (Wildman–Crippen MR) is 205 cm³/mol. The summed E-state index contributed by atoms with van der Waals surface area (Å²) in [4.78, 5) is 19.6. The average molecular weight is 659 g/mol. The van der Waals surface area contributed by atoms with E-state index in [0.717, 1.165) is 44.1 Å². The Hall–Kier alpha value is -6.50. The van der Waals surface area contributed by atoms with Gasteiger partial charge in [0.15, 0.2) is 23.1 Å². The highest BCUT2D eigenvalue weighted by atomic mass is 32.1. The minimum atomic E-state index is 0.640. The van der Waals surface area contributed by atoms with E-state index in [-0.39, 0.29) is 0 Å². The molecule has 0 aliphatic carbocycles. The van der Waals surface area contributed by atoms with Crippen molar-refractivity contribution in [3.05, 3.63) is 158 Å². The number of hydrogen-bond donors (Lipinski definition) is 0. The van der Waals surface area contributed by atoms with Gasteiger partial charge in [-0.05, 0) is 58.3 Å². The molecule has 234 valence electrons. The molecule has 0 N–H and O–H groups in total. The van der Waals surface area contributed by atoms with Crippen LogP contribution in [-0.2, 0) is 0 Å². The molecule has 0 fully saturated rings. The van der Waals surface area contributed by atoms with E-state index in [1.807, 2.05) is 91.0 Å². The van der Waals surface area contributed by atoms with Crippen LogP contribution in [0.3, 0.4) is 0 Å². The number of oxazole rings is 1. The van der Waals surface area contributed by atoms with E-state index in [1.54, 1.807) is 11.3 Å². The summed E-state index contributed by atoms with van der Waals surface area (Å²) >= 11 is 1.79. The lowest BCUT2D eigenvalue weighted by Gasteiger charge is -2.10. The van der Waals surface area contributed by atoms with Crippen LogP contribution in [-0.4, -0.2) is 19.9 Å². The number of hydrogen-bond acceptors (Lipinski definition) is 6. The topological polar surface area (TPSA) is 64.7 Å². The summed E-state index contributed by atoms with van der Waals surface area (Å²) in [6.45, 7) is 0. The molecule has 3 heterocycles. The first-order chi connectivity index (χ1) is 24.7. The molecule has 5 nitrogen and oxygen atoms in total. The molecule has 7 aromatic carbocycles. The van der Waals surface area contributed by atoms with Crippen molar-refractivity contribution in [2.45, 2.75) is 0 Å². The van der Waals surface area contributed by atoms with Crippen LogP contribution in [0.2, 0.25) is 0 Å². The molecule has 50 heavy (non-hydrogen) atoms. The lowest BCUT2D eigenvalue weighted by atomic mass is 9.96. The van der Waals surface area contributed by atoms with Crippen molar-refractivity contribution in [2.24, 2.45) is 0 Å². The number of benzene rings is 7. The summed E-state index contributed by atoms with van der Waals surface area (Å²) in [7, 11) is 0. The fourth-order valence-corrected chi connectivity index (χ4v) is 7.82. The molecule has 0 unspecified atom stereocenters. The quantitative estimate of drug-likeness (QED) is 0.184. The van der Waals surface area contributed by atoms with Crippen molar-refractivity contribution < 1.29 is 4.42 Å². The van der Waals surface area contributed by atoms with Crippen LogP contribution < -0.4 is 0 Å². The van der Waals surface area contributed by atoms with E-state index in [1.165, 1.54) is 31.3 Å². The van der Waals surface area contributed by atoms with E-state index in [9.17, 15) is 0 Å². The van der Waals surface area contributed by atoms with E-state index in [0.29, 0.717) is 23.4 Å². The first-order valence-electron chi connectivity index (χ1n) is 16.5. The monoisotopic (exact) mass is 658 g/mol. The fourth-order valence-electron chi connectivity index (χ4n) is 6.68. The summed E-state index contributed by atoms with van der Waals surface area (Å²) < 4.78 is 8.63. The highest BCUT2D eigenvalue weighted by molar-refractivity contribution is 7.26. The molecule has 0 saturated heterocycles. The molecule has 10 rings (SSSR count). The second-order valence-electron chi connectivity index (χ2n) is 12.3. The van der Waals surface area contributed by atoms with Crippen LogP contribution in [0.15, 0.2) is 162 Å². The van der Waals surface area contributed by atoms with Gasteiger partial charge in [0.1, 0.15) is 5.52 Å². The van der Waals surface area contributed by atoms with Crippen LogP contribution in [0.25, 0.3) is 98.8 Å². The van der Waals surface area contributed by atoms with Crippen molar-refractivity contribution in [3.8, 4) is 56.7 Å². The summed E-state index contributed by atoms with van der Waals surface area (Å²) in [6.07, 6.45) is 0. The number of thiophene rings is 1. The maximum Gasteiger partial charge on any atom is 0.227 e. The van der Waals surface area contributed by atoms with Crippen LogP contribution in [0.1, 0.15) is 0 Å². The van der Waals surface area contributed by atoms with Crippen molar-refractivity contribution in [3.63, 3.8) is 0 Å². The largest absolute Gasteiger partial charge is 0.436 e. The third-order valence-electron chi connectivity index (χ3n) is 9.13. The first-order valence-corrected chi connectivity index (χ1v) is 17.3. The Kier molecular flexibility index (Phi) is 6.60. The van der Waals surface area contributed by atoms with Gasteiger partial charge in [-0.3, -0.25) is 0 Å². The van der Waals surface area contributed by atoms with Crippen LogP contribution in [0.5, 0.6) is 0 Å². The molecule has 0 amide bonds. The van der Waals surface area contributed by atoms with Gasteiger partial charge in [-0.15, -0.1) is 11.3 Å². The molecule has 0 aliphatic heterocycles. The van der Waals surface area contributed by atoms with Gasteiger partial charge in [-0.2, -0.15) is 0 Å². The Morgan fingerprint density at radius 2 is 1.00 bits per heavy atom. The molecule has 10 aromatic rings. The van der Waals surface area contributed by atoms with Crippen molar-refractivity contribution in [1.29, 1.82) is 0 Å². The summed E-state index contributed by atoms with van der Waals surface area (Å²) in [6, 6.07) is 54.2. The Morgan fingerprint density at radius 3 is 1.66 bits per heavy atom. The lowest BCUT2D eigenvalue weighted by molar-refractivity contribution is 0.620. The van der Waals surface area contributed by atoms with Gasteiger partial charge in [0.25, 0.3) is 0 Å². The molecule has 0 bridgehead atoms. The fraction of sp³-hybridized carbons (Fsp3) is 0. The van der Waals surface area contributed by atoms with Crippen molar-refractivity contribution in [1.82, 2.24) is 19.9 Å². The average Bonchev–Trinajstić information content (AvgIpc) is 3.78. The molecule has 0 spiro atoms. The van der Waals surface area contributed by atoms with E-state index in [4.69, 9.17) is 24.4 Å². The summed E-state index contributed by atoms with van der Waals surface area (Å²) in [5.41, 5.74) is 7.85. The third-order valence-corrected chi connectivity index (χ3v) is 10.3. The van der Waals surface area contributed by atoms with Gasteiger partial charge in [0.05, 0.1) is 0 Å². The van der Waals surface area contributed by atoms with E-state index >= 15 is 0 Å². The third kappa shape index (κ3) is 4.93. The molecular weight excluding hydrogens is 633 g/mol. The van der Waals surface area contributed by atoms with E-state index < -0.39 is 0 Å². The molecule has 0 saturated carbocycles. The number of fused-ring (bicyclic) bond motifs is 5. The maximum atomic E-state index is 6.20. The minimum absolute atomic E-state index is 0.640. The zero-order chi connectivity index (χ0) is 33.0. The molecular formula is C44H26N4OS. The predicted octanol–water partition coefficient (Wildman–Crippen LogP) is 11.9. The zero-order valence-electron chi connectivity index (χ0n) is 26.6. The van der Waals surface area contributed by atoms with E-state index in [2.05, 4.69) is 66.7 Å². The number of rotatable bonds is 5.